The average Bonchev–Trinajstić information content (AvgIpc) is 3.11. The van der Waals surface area contributed by atoms with Crippen LogP contribution in [-0.4, -0.2) is 11.6 Å². The predicted octanol–water partition coefficient (Wildman–Crippen LogP) is 4.90. The Kier molecular flexibility index (Phi) is 4.52. The van der Waals surface area contributed by atoms with Crippen molar-refractivity contribution in [1.82, 2.24) is 5.32 Å². The molecule has 20 heavy (non-hydrogen) atoms. The zero-order valence-electron chi connectivity index (χ0n) is 11.1. The molecule has 112 valence electrons. The lowest BCUT2D eigenvalue weighted by atomic mass is 9.99. The molecule has 0 saturated heterocycles. The van der Waals surface area contributed by atoms with Crippen molar-refractivity contribution < 1.29 is 17.6 Å². The highest BCUT2D eigenvalue weighted by atomic mass is 32.2. The van der Waals surface area contributed by atoms with Crippen LogP contribution in [0.2, 0.25) is 0 Å². The van der Waals surface area contributed by atoms with Crippen LogP contribution in [0.5, 0.6) is 0 Å². The van der Waals surface area contributed by atoms with Gasteiger partial charge >= 0.3 is 6.18 Å². The summed E-state index contributed by atoms with van der Waals surface area (Å²) in [6.45, 7) is 5.61. The van der Waals surface area contributed by atoms with Gasteiger partial charge in [0, 0.05) is 10.6 Å². The molecule has 0 aromatic carbocycles. The van der Waals surface area contributed by atoms with Crippen molar-refractivity contribution in [3.05, 3.63) is 35.2 Å². The summed E-state index contributed by atoms with van der Waals surface area (Å²) in [4.78, 5) is 0.795. The second-order valence-corrected chi connectivity index (χ2v) is 6.40. The Morgan fingerprint density at radius 2 is 2.15 bits per heavy atom. The number of hydrogen-bond acceptors (Lipinski definition) is 2. The summed E-state index contributed by atoms with van der Waals surface area (Å²) in [6.07, 6.45) is -1.93. The Labute approximate surface area is 120 Å². The molecule has 0 aromatic heterocycles. The van der Waals surface area contributed by atoms with Crippen LogP contribution in [0.4, 0.5) is 17.6 Å². The van der Waals surface area contributed by atoms with E-state index in [0.29, 0.717) is 17.6 Å². The molecule has 1 aliphatic carbocycles. The molecule has 2 aliphatic rings. The minimum absolute atomic E-state index is 0.0419. The second-order valence-electron chi connectivity index (χ2n) is 5.25. The summed E-state index contributed by atoms with van der Waals surface area (Å²) in [6, 6.07) is 0. The van der Waals surface area contributed by atoms with E-state index in [1.165, 1.54) is 0 Å². The predicted molar refractivity (Wildman–Crippen MR) is 73.5 cm³/mol. The van der Waals surface area contributed by atoms with E-state index >= 15 is 0 Å². The smallest absolute Gasteiger partial charge is 0.375 e. The number of hydrogen-bond donors (Lipinski definition) is 1. The van der Waals surface area contributed by atoms with Crippen molar-refractivity contribution in [2.24, 2.45) is 11.8 Å². The number of allylic oxidation sites excluding steroid dienone is 3. The molecule has 1 heterocycles. The van der Waals surface area contributed by atoms with Gasteiger partial charge < -0.3 is 5.32 Å². The van der Waals surface area contributed by atoms with Crippen molar-refractivity contribution >= 4 is 11.8 Å². The molecule has 1 aliphatic heterocycles. The first-order chi connectivity index (χ1) is 9.32. The van der Waals surface area contributed by atoms with E-state index in [4.69, 9.17) is 0 Å². The first-order valence-corrected chi connectivity index (χ1v) is 7.36. The number of alkyl halides is 3. The van der Waals surface area contributed by atoms with Gasteiger partial charge in [0.2, 0.25) is 0 Å². The number of thioether (sulfide) groups is 1. The number of nitrogens with one attached hydrogen (secondary N) is 1. The van der Waals surface area contributed by atoms with Gasteiger partial charge in [0.15, 0.2) is 0 Å². The highest BCUT2D eigenvalue weighted by Gasteiger charge is 2.40. The number of rotatable bonds is 5. The Morgan fingerprint density at radius 3 is 2.65 bits per heavy atom. The zero-order valence-corrected chi connectivity index (χ0v) is 12.0. The van der Waals surface area contributed by atoms with Crippen LogP contribution in [0.25, 0.3) is 0 Å². The Balaban J connectivity index is 2.01. The van der Waals surface area contributed by atoms with E-state index in [1.54, 1.807) is 11.8 Å². The van der Waals surface area contributed by atoms with Crippen LogP contribution in [0, 0.1) is 11.8 Å². The average molecular weight is 307 g/mol. The molecule has 1 saturated carbocycles. The third-order valence-corrected chi connectivity index (χ3v) is 5.09. The van der Waals surface area contributed by atoms with E-state index in [0.717, 1.165) is 23.4 Å². The number of halogens is 4. The van der Waals surface area contributed by atoms with Crippen molar-refractivity contribution in [2.45, 2.75) is 37.7 Å². The molecule has 2 atom stereocenters. The fourth-order valence-corrected chi connectivity index (χ4v) is 3.66. The van der Waals surface area contributed by atoms with Gasteiger partial charge in [-0.3, -0.25) is 0 Å². The molecule has 2 unspecified atom stereocenters. The quantitative estimate of drug-likeness (QED) is 0.725. The summed E-state index contributed by atoms with van der Waals surface area (Å²) in [5, 5.41) is 3.55. The van der Waals surface area contributed by atoms with Crippen LogP contribution in [0.15, 0.2) is 35.2 Å². The lowest BCUT2D eigenvalue weighted by molar-refractivity contribution is -0.160. The maximum atomic E-state index is 12.8. The molecular weight excluding hydrogens is 290 g/mol. The zero-order chi connectivity index (χ0) is 14.9. The van der Waals surface area contributed by atoms with Crippen LogP contribution in [0.1, 0.15) is 26.2 Å². The van der Waals surface area contributed by atoms with Gasteiger partial charge in [-0.15, -0.1) is 0 Å². The van der Waals surface area contributed by atoms with E-state index in [1.807, 2.05) is 6.92 Å². The van der Waals surface area contributed by atoms with Gasteiger partial charge in [-0.1, -0.05) is 18.3 Å². The third-order valence-electron chi connectivity index (χ3n) is 3.51. The topological polar surface area (TPSA) is 12.0 Å². The maximum absolute atomic E-state index is 12.8. The molecule has 1 fully saturated rings. The molecule has 1 N–H and O–H groups in total. The van der Waals surface area contributed by atoms with Crippen molar-refractivity contribution in [2.75, 3.05) is 0 Å². The van der Waals surface area contributed by atoms with Crippen LogP contribution in [0.3, 0.4) is 0 Å². The fourth-order valence-electron chi connectivity index (χ4n) is 2.22. The molecule has 0 amide bonds. The molecular formula is C14H17F4NS. The van der Waals surface area contributed by atoms with Gasteiger partial charge in [-0.25, -0.2) is 4.39 Å². The van der Waals surface area contributed by atoms with Crippen LogP contribution >= 0.6 is 11.8 Å². The summed E-state index contributed by atoms with van der Waals surface area (Å²) in [5.41, 5.74) is 1.30. The Bertz CT molecular complexity index is 449. The Hall–Kier alpha value is -0.910. The van der Waals surface area contributed by atoms with E-state index in [-0.39, 0.29) is 18.1 Å². The molecule has 0 bridgehead atoms. The molecule has 0 spiro atoms. The lowest BCUT2D eigenvalue weighted by Gasteiger charge is -2.18. The lowest BCUT2D eigenvalue weighted by Crippen LogP contribution is -2.21. The maximum Gasteiger partial charge on any atom is 0.395 e. The summed E-state index contributed by atoms with van der Waals surface area (Å²) < 4.78 is 50.4. The highest BCUT2D eigenvalue weighted by molar-refractivity contribution is 8.04. The van der Waals surface area contributed by atoms with Gasteiger partial charge in [0.1, 0.15) is 0 Å². The highest BCUT2D eigenvalue weighted by Crippen LogP contribution is 2.47. The fraction of sp³-hybridized carbons (Fsp3) is 0.571. The van der Waals surface area contributed by atoms with Crippen molar-refractivity contribution in [1.29, 1.82) is 0 Å². The van der Waals surface area contributed by atoms with E-state index < -0.39 is 12.1 Å². The van der Waals surface area contributed by atoms with Crippen molar-refractivity contribution in [3.63, 3.8) is 0 Å². The summed E-state index contributed by atoms with van der Waals surface area (Å²) >= 11 is 1.55. The third kappa shape index (κ3) is 3.59. The summed E-state index contributed by atoms with van der Waals surface area (Å²) in [5.74, 6) is -1.22. The van der Waals surface area contributed by atoms with Gasteiger partial charge in [0.05, 0.1) is 17.6 Å². The molecule has 2 rings (SSSR count). The van der Waals surface area contributed by atoms with Crippen LogP contribution < -0.4 is 5.32 Å². The largest absolute Gasteiger partial charge is 0.395 e. The van der Waals surface area contributed by atoms with E-state index in [2.05, 4.69) is 11.9 Å². The SMILES string of the molecule is C=C(CC(/C=C/F)C(F)(F)F)C1=C(C)NC(C2CC2)S1. The van der Waals surface area contributed by atoms with Crippen molar-refractivity contribution in [3.8, 4) is 0 Å². The van der Waals surface area contributed by atoms with Gasteiger partial charge in [-0.05, 0) is 43.8 Å². The first kappa shape index (κ1) is 15.5. The van der Waals surface area contributed by atoms with E-state index in [9.17, 15) is 17.6 Å². The standard InChI is InChI=1S/C14H17F4NS/c1-8(7-11(5-6-15)14(16,17)18)12-9(2)19-13(20-12)10-3-4-10/h5-6,10-11,13,19H,1,3-4,7H2,2H3/b6-5+. The monoisotopic (exact) mass is 307 g/mol. The normalized spacial score (nSPS) is 25.1. The van der Waals surface area contributed by atoms with Gasteiger partial charge in [-0.2, -0.15) is 13.2 Å². The summed E-state index contributed by atoms with van der Waals surface area (Å²) in [7, 11) is 0. The Morgan fingerprint density at radius 1 is 1.50 bits per heavy atom. The molecule has 0 radical (unpaired) electrons. The minimum Gasteiger partial charge on any atom is -0.375 e. The van der Waals surface area contributed by atoms with Gasteiger partial charge in [0.25, 0.3) is 0 Å². The van der Waals surface area contributed by atoms with Crippen LogP contribution in [-0.2, 0) is 0 Å². The minimum atomic E-state index is -4.45. The second kappa shape index (κ2) is 5.84. The molecule has 6 heteroatoms. The first-order valence-electron chi connectivity index (χ1n) is 6.48. The molecule has 1 nitrogen and oxygen atoms in total. The molecule has 0 aromatic rings.